The van der Waals surface area contributed by atoms with Gasteiger partial charge in [-0.1, -0.05) is 0 Å². The Morgan fingerprint density at radius 3 is 1.92 bits per heavy atom. The SMILES string of the molecule is CCOC(C)Oc1cc(OC(C)OCC)cc(C2(C#N)CCOCC2)c1. The number of hydrogen-bond acceptors (Lipinski definition) is 6. The van der Waals surface area contributed by atoms with E-state index in [0.29, 0.717) is 50.8 Å². The lowest BCUT2D eigenvalue weighted by Crippen LogP contribution is -2.32. The molecule has 6 heteroatoms. The topological polar surface area (TPSA) is 69.9 Å². The summed E-state index contributed by atoms with van der Waals surface area (Å²) in [5.74, 6) is 1.23. The highest BCUT2D eigenvalue weighted by Crippen LogP contribution is 2.38. The summed E-state index contributed by atoms with van der Waals surface area (Å²) in [6.07, 6.45) is 0.517. The van der Waals surface area contributed by atoms with Gasteiger partial charge in [-0.15, -0.1) is 0 Å². The van der Waals surface area contributed by atoms with Crippen LogP contribution in [0.1, 0.15) is 46.1 Å². The molecular formula is C20H29NO5. The molecule has 0 bridgehead atoms. The van der Waals surface area contributed by atoms with Gasteiger partial charge in [0, 0.05) is 32.5 Å². The Bertz CT molecular complexity index is 574. The van der Waals surface area contributed by atoms with E-state index < -0.39 is 5.41 Å². The van der Waals surface area contributed by atoms with Gasteiger partial charge in [0.05, 0.1) is 11.5 Å². The minimum Gasteiger partial charge on any atom is -0.465 e. The number of nitrogens with zero attached hydrogens (tertiary/aromatic N) is 1. The van der Waals surface area contributed by atoms with Crippen LogP contribution in [0.25, 0.3) is 0 Å². The van der Waals surface area contributed by atoms with Crippen molar-refractivity contribution < 1.29 is 23.7 Å². The van der Waals surface area contributed by atoms with Crippen molar-refractivity contribution in [3.63, 3.8) is 0 Å². The van der Waals surface area contributed by atoms with Crippen LogP contribution in [0.15, 0.2) is 18.2 Å². The molecular weight excluding hydrogens is 334 g/mol. The van der Waals surface area contributed by atoms with E-state index in [1.165, 1.54) is 0 Å². The van der Waals surface area contributed by atoms with Crippen LogP contribution >= 0.6 is 0 Å². The van der Waals surface area contributed by atoms with Crippen molar-refractivity contribution in [3.8, 4) is 17.6 Å². The molecule has 1 aromatic rings. The van der Waals surface area contributed by atoms with E-state index in [1.54, 1.807) is 6.07 Å². The third kappa shape index (κ3) is 5.34. The molecule has 0 radical (unpaired) electrons. The molecule has 0 spiro atoms. The first-order chi connectivity index (χ1) is 12.5. The van der Waals surface area contributed by atoms with E-state index in [-0.39, 0.29) is 12.6 Å². The van der Waals surface area contributed by atoms with Crippen LogP contribution in [0.3, 0.4) is 0 Å². The number of benzene rings is 1. The molecule has 6 nitrogen and oxygen atoms in total. The van der Waals surface area contributed by atoms with Crippen molar-refractivity contribution in [2.75, 3.05) is 26.4 Å². The molecule has 1 fully saturated rings. The van der Waals surface area contributed by atoms with Crippen molar-refractivity contribution in [1.82, 2.24) is 0 Å². The summed E-state index contributed by atoms with van der Waals surface area (Å²) < 4.78 is 28.1. The molecule has 1 aromatic carbocycles. The van der Waals surface area contributed by atoms with Gasteiger partial charge in [-0.05, 0) is 58.2 Å². The zero-order valence-electron chi connectivity index (χ0n) is 16.1. The van der Waals surface area contributed by atoms with E-state index in [2.05, 4.69) is 6.07 Å². The first kappa shape index (κ1) is 20.5. The number of ether oxygens (including phenoxy) is 5. The maximum atomic E-state index is 9.87. The molecule has 1 heterocycles. The van der Waals surface area contributed by atoms with Crippen molar-refractivity contribution in [2.24, 2.45) is 0 Å². The lowest BCUT2D eigenvalue weighted by Gasteiger charge is -2.32. The number of nitriles is 1. The fraction of sp³-hybridized carbons (Fsp3) is 0.650. The average Bonchev–Trinajstić information content (AvgIpc) is 2.62. The number of rotatable bonds is 9. The second kappa shape index (κ2) is 9.77. The van der Waals surface area contributed by atoms with Crippen molar-refractivity contribution in [2.45, 2.75) is 58.5 Å². The van der Waals surface area contributed by atoms with Crippen LogP contribution in [-0.4, -0.2) is 39.0 Å². The minimum atomic E-state index is -0.598. The van der Waals surface area contributed by atoms with E-state index in [0.717, 1.165) is 5.56 Å². The van der Waals surface area contributed by atoms with E-state index in [4.69, 9.17) is 23.7 Å². The highest BCUT2D eigenvalue weighted by molar-refractivity contribution is 5.45. The zero-order valence-corrected chi connectivity index (χ0v) is 16.1. The lowest BCUT2D eigenvalue weighted by molar-refractivity contribution is -0.0651. The Kier molecular flexibility index (Phi) is 7.70. The largest absolute Gasteiger partial charge is 0.465 e. The van der Waals surface area contributed by atoms with Gasteiger partial charge < -0.3 is 23.7 Å². The van der Waals surface area contributed by atoms with Crippen LogP contribution in [0.4, 0.5) is 0 Å². The van der Waals surface area contributed by atoms with E-state index in [9.17, 15) is 5.26 Å². The van der Waals surface area contributed by atoms with Crippen LogP contribution < -0.4 is 9.47 Å². The summed E-state index contributed by atoms with van der Waals surface area (Å²) in [7, 11) is 0. The molecule has 1 aliphatic rings. The summed E-state index contributed by atoms with van der Waals surface area (Å²) in [5, 5.41) is 9.87. The number of hydrogen-bond donors (Lipinski definition) is 0. The molecule has 0 aliphatic carbocycles. The van der Waals surface area contributed by atoms with Gasteiger partial charge >= 0.3 is 0 Å². The van der Waals surface area contributed by atoms with Gasteiger partial charge in [-0.3, -0.25) is 0 Å². The smallest absolute Gasteiger partial charge is 0.196 e. The van der Waals surface area contributed by atoms with Crippen LogP contribution in [0, 0.1) is 11.3 Å². The summed E-state index contributed by atoms with van der Waals surface area (Å²) >= 11 is 0. The van der Waals surface area contributed by atoms with E-state index >= 15 is 0 Å². The highest BCUT2D eigenvalue weighted by atomic mass is 16.7. The predicted molar refractivity (Wildman–Crippen MR) is 97.2 cm³/mol. The molecule has 2 atom stereocenters. The lowest BCUT2D eigenvalue weighted by atomic mass is 9.75. The molecule has 144 valence electrons. The minimum absolute atomic E-state index is 0.389. The van der Waals surface area contributed by atoms with Crippen molar-refractivity contribution in [1.29, 1.82) is 5.26 Å². The standard InChI is InChI=1S/C20H29NO5/c1-5-23-15(3)25-18-11-17(20(14-21)7-9-22-10-8-20)12-19(13-18)26-16(4)24-6-2/h11-13,15-16H,5-10H2,1-4H3. The summed E-state index contributed by atoms with van der Waals surface area (Å²) in [6, 6.07) is 8.11. The monoisotopic (exact) mass is 363 g/mol. The van der Waals surface area contributed by atoms with Crippen molar-refractivity contribution in [3.05, 3.63) is 23.8 Å². The summed E-state index contributed by atoms with van der Waals surface area (Å²) in [4.78, 5) is 0. The Morgan fingerprint density at radius 1 is 1.00 bits per heavy atom. The first-order valence-corrected chi connectivity index (χ1v) is 9.24. The van der Waals surface area contributed by atoms with Crippen LogP contribution in [0.5, 0.6) is 11.5 Å². The molecule has 0 N–H and O–H groups in total. The van der Waals surface area contributed by atoms with Gasteiger partial charge in [0.2, 0.25) is 0 Å². The highest BCUT2D eigenvalue weighted by Gasteiger charge is 2.35. The predicted octanol–water partition coefficient (Wildman–Crippen LogP) is 3.78. The third-order valence-corrected chi connectivity index (χ3v) is 4.40. The molecule has 0 amide bonds. The molecule has 1 aliphatic heterocycles. The van der Waals surface area contributed by atoms with E-state index in [1.807, 2.05) is 39.8 Å². The Labute approximate surface area is 155 Å². The van der Waals surface area contributed by atoms with Gasteiger partial charge in [0.25, 0.3) is 0 Å². The Balaban J connectivity index is 2.34. The summed E-state index contributed by atoms with van der Waals surface area (Å²) in [6.45, 7) is 9.78. The zero-order chi connectivity index (χ0) is 19.0. The van der Waals surface area contributed by atoms with Gasteiger partial charge in [-0.2, -0.15) is 5.26 Å². The Hall–Kier alpha value is -1.81. The summed E-state index contributed by atoms with van der Waals surface area (Å²) in [5.41, 5.74) is 0.280. The van der Waals surface area contributed by atoms with Crippen LogP contribution in [0.2, 0.25) is 0 Å². The molecule has 1 saturated heterocycles. The first-order valence-electron chi connectivity index (χ1n) is 9.24. The van der Waals surface area contributed by atoms with Gasteiger partial charge in [0.15, 0.2) is 12.6 Å². The molecule has 0 saturated carbocycles. The van der Waals surface area contributed by atoms with Crippen molar-refractivity contribution >= 4 is 0 Å². The quantitative estimate of drug-likeness (QED) is 0.622. The van der Waals surface area contributed by atoms with Gasteiger partial charge in [0.1, 0.15) is 11.5 Å². The molecule has 26 heavy (non-hydrogen) atoms. The fourth-order valence-electron chi connectivity index (χ4n) is 3.09. The van der Waals surface area contributed by atoms with Gasteiger partial charge in [-0.25, -0.2) is 0 Å². The maximum absolute atomic E-state index is 9.87. The second-order valence-electron chi connectivity index (χ2n) is 6.28. The maximum Gasteiger partial charge on any atom is 0.196 e. The molecule has 0 aromatic heterocycles. The average molecular weight is 363 g/mol. The normalized spacial score (nSPS) is 18.6. The second-order valence-corrected chi connectivity index (χ2v) is 6.28. The van der Waals surface area contributed by atoms with Crippen LogP contribution in [-0.2, 0) is 19.6 Å². The Morgan fingerprint density at radius 2 is 1.50 bits per heavy atom. The fourth-order valence-corrected chi connectivity index (χ4v) is 3.09. The third-order valence-electron chi connectivity index (χ3n) is 4.40. The molecule has 2 unspecified atom stereocenters. The molecule has 2 rings (SSSR count).